The fraction of sp³-hybridized carbons (Fsp3) is 0.107. The van der Waals surface area contributed by atoms with Crippen LogP contribution in [0.1, 0.15) is 83.8 Å². The molecule has 18 nitrogen and oxygen atoms in total. The third-order valence-electron chi connectivity index (χ3n) is 24.1. The van der Waals surface area contributed by atoms with Crippen molar-refractivity contribution < 1.29 is 115 Å². The zero-order valence-corrected chi connectivity index (χ0v) is 89.6. The molecule has 1 unspecified atom stereocenters. The number of rotatable bonds is 8. The Labute approximate surface area is 887 Å². The molecule has 0 bridgehead atoms. The van der Waals surface area contributed by atoms with Gasteiger partial charge in [-0.25, -0.2) is 9.78 Å². The van der Waals surface area contributed by atoms with Crippen molar-refractivity contribution in [2.24, 2.45) is 4.99 Å². The number of aromatic carboxylic acids is 1. The first-order chi connectivity index (χ1) is 68.1. The topological polar surface area (TPSA) is 273 Å². The van der Waals surface area contributed by atoms with E-state index in [4.69, 9.17) is 60.3 Å². The van der Waals surface area contributed by atoms with E-state index in [0.29, 0.717) is 11.8 Å². The number of aliphatic carboxylic acids is 1. The normalized spacial score (nSPS) is 11.7. The molecule has 24 rings (SSSR count). The summed E-state index contributed by atoms with van der Waals surface area (Å²) in [6, 6.07) is 116. The van der Waals surface area contributed by atoms with Crippen LogP contribution in [0.25, 0.3) is 175 Å². The minimum Gasteiger partial charge on any atom is -0.507 e. The van der Waals surface area contributed by atoms with E-state index in [0.717, 1.165) is 157 Å². The number of para-hydroxylation sites is 2. The third kappa shape index (κ3) is 24.5. The minimum atomic E-state index is -0.990. The molecule has 1 aliphatic heterocycles. The molecular weight excluding hydrogens is 2500 g/mol. The van der Waals surface area contributed by atoms with Crippen LogP contribution in [-0.2, 0) is 85.2 Å². The van der Waals surface area contributed by atoms with Gasteiger partial charge in [0.1, 0.15) is 23.2 Å². The van der Waals surface area contributed by atoms with Gasteiger partial charge in [-0.1, -0.05) is 317 Å². The van der Waals surface area contributed by atoms with Gasteiger partial charge in [0.05, 0.1) is 50.4 Å². The predicted molar refractivity (Wildman–Crippen MR) is 568 cm³/mol. The van der Waals surface area contributed by atoms with Crippen LogP contribution in [-0.4, -0.2) is 109 Å². The Bertz CT molecular complexity index is 7810. The number of phenols is 2. The van der Waals surface area contributed by atoms with Crippen LogP contribution in [0.15, 0.2) is 345 Å². The average molecular weight is 2600 g/mol. The molecule has 5 aromatic heterocycles. The van der Waals surface area contributed by atoms with Crippen LogP contribution in [0.2, 0.25) is 0 Å². The number of aliphatic imine (C=N–C) groups is 1. The quantitative estimate of drug-likeness (QED) is 0.0409. The van der Waals surface area contributed by atoms with Gasteiger partial charge in [0.15, 0.2) is 6.29 Å². The molecule has 23 aromatic rings. The second-order valence-corrected chi connectivity index (χ2v) is 34.5. The maximum atomic E-state index is 10.1. The third-order valence-corrected chi connectivity index (χ3v) is 24.1. The Morgan fingerprint density at radius 1 is 0.333 bits per heavy atom. The Morgan fingerprint density at radius 3 is 0.854 bits per heavy atom. The zero-order valence-electron chi connectivity index (χ0n) is 80.0. The van der Waals surface area contributed by atoms with Gasteiger partial charge >= 0.3 is 11.9 Å². The molecule has 0 saturated carbocycles. The summed E-state index contributed by atoms with van der Waals surface area (Å²) in [6.45, 7) is 17.8. The molecule has 22 heteroatoms. The number of phenolic OH excluding ortho intramolecular Hbond substituents is 2. The summed E-state index contributed by atoms with van der Waals surface area (Å²) >= 11 is 0. The molecule has 1 fully saturated rings. The number of carbonyl (C=O) groups excluding carboxylic acids is 1. The number of carboxylic acid groups (broad SMARTS) is 2. The van der Waals surface area contributed by atoms with Crippen molar-refractivity contribution in [2.45, 2.75) is 74.3 Å². The molecule has 722 valence electrons. The van der Waals surface area contributed by atoms with Crippen LogP contribution in [0.3, 0.4) is 0 Å². The molecule has 144 heavy (non-hydrogen) atoms. The summed E-state index contributed by atoms with van der Waals surface area (Å²) in [5.74, 6) is -1.40. The number of aromatic nitrogens is 9. The molecule has 0 aliphatic carbocycles. The molecule has 5 N–H and O–H groups in total. The number of carbonyl (C=O) groups is 3. The van der Waals surface area contributed by atoms with E-state index in [1.807, 2.05) is 134 Å². The van der Waals surface area contributed by atoms with Crippen molar-refractivity contribution >= 4 is 155 Å². The van der Waals surface area contributed by atoms with Crippen LogP contribution < -0.4 is 5.32 Å². The van der Waals surface area contributed by atoms with Gasteiger partial charge < -0.3 is 45.7 Å². The summed E-state index contributed by atoms with van der Waals surface area (Å²) < 4.78 is 0. The van der Waals surface area contributed by atoms with Gasteiger partial charge in [-0.15, -0.1) is 117 Å². The summed E-state index contributed by atoms with van der Waals surface area (Å²) in [4.78, 5) is 76.9. The summed E-state index contributed by atoms with van der Waals surface area (Å²) in [6.07, 6.45) is 12.9. The molecule has 4 radical (unpaired) electrons. The number of aromatic hydroxyl groups is 2. The number of benzene rings is 18. The van der Waals surface area contributed by atoms with E-state index in [2.05, 4.69) is 241 Å². The maximum absolute atomic E-state index is 10.1. The number of carboxylic acids is 2. The molecule has 1 saturated heterocycles. The van der Waals surface area contributed by atoms with Gasteiger partial charge in [-0.05, 0) is 105 Å². The minimum absolute atomic E-state index is 0. The number of hydrogen-bond donors (Lipinski definition) is 5. The summed E-state index contributed by atoms with van der Waals surface area (Å²) in [5, 5.41) is 55.9. The first-order valence-corrected chi connectivity index (χ1v) is 45.9. The van der Waals surface area contributed by atoms with E-state index in [9.17, 15) is 14.4 Å². The number of aldehydes is 1. The fourth-order valence-electron chi connectivity index (χ4n) is 17.1. The van der Waals surface area contributed by atoms with E-state index in [-0.39, 0.29) is 104 Å². The Hall–Kier alpha value is -15.0. The Balaban J connectivity index is 0.000000143. The van der Waals surface area contributed by atoms with Crippen molar-refractivity contribution in [1.29, 1.82) is 0 Å². The monoisotopic (exact) mass is 2600 g/mol. The number of fused-ring (bicyclic) bond motifs is 24. The number of nitrogens with zero attached hydrogens (tertiary/aromatic N) is 10. The molecule has 1 atom stereocenters. The average Bonchev–Trinajstić information content (AvgIpc) is 1.07. The van der Waals surface area contributed by atoms with Gasteiger partial charge in [0.25, 0.3) is 0 Å². The smallest absolute Gasteiger partial charge is 0.354 e. The Morgan fingerprint density at radius 2 is 0.618 bits per heavy atom. The summed E-state index contributed by atoms with van der Waals surface area (Å²) in [5.41, 5.74) is 26.2. The molecule has 0 amide bonds. The van der Waals surface area contributed by atoms with Crippen LogP contribution in [0.5, 0.6) is 11.5 Å². The summed E-state index contributed by atoms with van der Waals surface area (Å²) in [7, 11) is 1.67. The second kappa shape index (κ2) is 49.1. The van der Waals surface area contributed by atoms with Crippen molar-refractivity contribution in [3.8, 4) is 56.5 Å². The van der Waals surface area contributed by atoms with Gasteiger partial charge in [-0.3, -0.25) is 34.5 Å². The number of pyridine rings is 1. The van der Waals surface area contributed by atoms with Crippen molar-refractivity contribution in [3.63, 3.8) is 0 Å². The molecule has 1 aliphatic rings. The van der Waals surface area contributed by atoms with Gasteiger partial charge in [0, 0.05) is 175 Å². The molecule has 0 spiro atoms. The van der Waals surface area contributed by atoms with Crippen molar-refractivity contribution in [3.05, 3.63) is 426 Å². The number of aryl methyl sites for hydroxylation is 8. The largest absolute Gasteiger partial charge is 0.507 e. The fourth-order valence-corrected chi connectivity index (χ4v) is 17.1. The number of nitrogens with one attached hydrogen (secondary N) is 1. The number of hydrogen-bond acceptors (Lipinski definition) is 16. The first-order valence-electron chi connectivity index (χ1n) is 45.9. The maximum Gasteiger partial charge on any atom is 0.354 e. The standard InChI is InChI=1S/4C24H17N2.C8H9NO.C7H6O2.C6H5NO2.C5H9NO2.4Ir/c4*1-15-8-10-18-20(12-15)21-13-16(2)9-11-19(21)24-23(18)25-14-22(26-24)17-6-4-3-5-7-17;1-9-6-7-4-2-3-5-8(7)10;8-5-6-3-1-2-4-7(6)9;8-6(9)5-3-1-2-4-7-5;7-5(8)4-2-1-3-6-4;;;;/h4*3-9,11-14H,1-2H3;2-6,10H,1H3;1-5,9H;1-4H,(H,8,9);4,6H,1-3H2,(H,7,8);;;;/q4*-1;;;;;;;;. The Kier molecular flexibility index (Phi) is 36.3. The predicted octanol–water partition coefficient (Wildman–Crippen LogP) is 27.3. The van der Waals surface area contributed by atoms with E-state index >= 15 is 0 Å². The molecule has 18 aromatic carbocycles. The van der Waals surface area contributed by atoms with E-state index < -0.39 is 11.9 Å². The second-order valence-electron chi connectivity index (χ2n) is 34.5. The van der Waals surface area contributed by atoms with E-state index in [1.165, 1.54) is 106 Å². The zero-order chi connectivity index (χ0) is 97.5. The van der Waals surface area contributed by atoms with Gasteiger partial charge in [0.2, 0.25) is 0 Å². The SMILES string of the molecule is CN=Cc1ccccc1O.Cc1c[c-]c2c(c1)c1cc(C)ccc1c1nc(-c3ccccc3)cnc21.Cc1c[c-]c2c(c1)c1cc(C)ccc1c1nc(-c3ccccc3)cnc21.Cc1c[c-]c2c(c1)c1cc(C)ccc1c1nc(-c3ccccc3)cnc21.Cc1c[c-]c2c(c1)c1cc(C)ccc1c1nc(-c3ccccc3)cnc21.O=C(O)C1CCCN1.O=C(O)c1ccccn1.O=Cc1ccccc1O.[Ir].[Ir].[Ir].[Ir]. The molecule has 6 heterocycles. The van der Waals surface area contributed by atoms with Gasteiger partial charge in [-0.2, -0.15) is 0 Å². The first kappa shape index (κ1) is 106. The molecular formula is C122H97Ir4N11O7-4. The van der Waals surface area contributed by atoms with Crippen LogP contribution in [0, 0.1) is 79.7 Å². The van der Waals surface area contributed by atoms with Crippen molar-refractivity contribution in [2.75, 3.05) is 13.6 Å². The van der Waals surface area contributed by atoms with E-state index in [1.54, 1.807) is 55.7 Å². The van der Waals surface area contributed by atoms with Crippen LogP contribution in [0.4, 0.5) is 0 Å². The van der Waals surface area contributed by atoms with Crippen LogP contribution >= 0.6 is 0 Å². The van der Waals surface area contributed by atoms with Crippen molar-refractivity contribution in [1.82, 2.24) is 50.2 Å².